The zero-order valence-corrected chi connectivity index (χ0v) is 13.2. The molecule has 22 heavy (non-hydrogen) atoms. The fourth-order valence-electron chi connectivity index (χ4n) is 3.78. The van der Waals surface area contributed by atoms with Crippen molar-refractivity contribution in [2.45, 2.75) is 25.7 Å². The van der Waals surface area contributed by atoms with Gasteiger partial charge < -0.3 is 14.8 Å². The minimum Gasteiger partial charge on any atom is -0.351 e. The van der Waals surface area contributed by atoms with E-state index in [1.54, 1.807) is 0 Å². The molecular formula is C18H23N3O. The summed E-state index contributed by atoms with van der Waals surface area (Å²) in [5, 5.41) is 4.32. The average Bonchev–Trinajstić information content (AvgIpc) is 3.05. The maximum atomic E-state index is 12.3. The molecule has 0 radical (unpaired) electrons. The van der Waals surface area contributed by atoms with Crippen LogP contribution < -0.4 is 5.32 Å². The molecule has 116 valence electrons. The fraction of sp³-hybridized carbons (Fsp3) is 0.500. The lowest BCUT2D eigenvalue weighted by Crippen LogP contribution is -2.42. The zero-order chi connectivity index (χ0) is 15.1. The number of nitrogens with zero attached hydrogens (tertiary/aromatic N) is 2. The number of hydrogen-bond acceptors (Lipinski definition) is 2. The number of carbonyl (C=O) groups excluding carboxylic acids is 1. The molecule has 1 aromatic carbocycles. The standard InChI is InChI=1S/C18H23N3O/c1-20-16-5-2-4-14(16)15-12-13(6-7-17(15)20)18(22)19-8-11-21-9-3-10-21/h6-7,12H,2-5,8-11H2,1H3,(H,19,22). The molecule has 1 saturated heterocycles. The van der Waals surface area contributed by atoms with Gasteiger partial charge in [0.2, 0.25) is 0 Å². The van der Waals surface area contributed by atoms with Gasteiger partial charge in [0.25, 0.3) is 5.91 Å². The van der Waals surface area contributed by atoms with Crippen molar-refractivity contribution in [1.29, 1.82) is 0 Å². The molecule has 0 saturated carbocycles. The van der Waals surface area contributed by atoms with Gasteiger partial charge in [0.05, 0.1) is 0 Å². The third-order valence-electron chi connectivity index (χ3n) is 5.20. The molecule has 0 unspecified atom stereocenters. The minimum absolute atomic E-state index is 0.0537. The van der Waals surface area contributed by atoms with Crippen molar-refractivity contribution in [2.24, 2.45) is 7.05 Å². The smallest absolute Gasteiger partial charge is 0.251 e. The molecule has 1 aromatic heterocycles. The Bertz CT molecular complexity index is 727. The van der Waals surface area contributed by atoms with Crippen LogP contribution in [-0.4, -0.2) is 41.6 Å². The predicted molar refractivity (Wildman–Crippen MR) is 88.3 cm³/mol. The first-order valence-corrected chi connectivity index (χ1v) is 8.35. The maximum absolute atomic E-state index is 12.3. The van der Waals surface area contributed by atoms with Gasteiger partial charge >= 0.3 is 0 Å². The average molecular weight is 297 g/mol. The Morgan fingerprint density at radius 2 is 2.09 bits per heavy atom. The van der Waals surface area contributed by atoms with E-state index in [0.29, 0.717) is 0 Å². The summed E-state index contributed by atoms with van der Waals surface area (Å²) in [6.07, 6.45) is 4.84. The molecule has 1 aliphatic carbocycles. The highest BCUT2D eigenvalue weighted by Gasteiger charge is 2.20. The number of benzene rings is 1. The largest absolute Gasteiger partial charge is 0.351 e. The van der Waals surface area contributed by atoms with Crippen LogP contribution in [0.25, 0.3) is 10.9 Å². The van der Waals surface area contributed by atoms with Crippen molar-refractivity contribution in [1.82, 2.24) is 14.8 Å². The molecule has 0 atom stereocenters. The number of hydrogen-bond donors (Lipinski definition) is 1. The van der Waals surface area contributed by atoms with E-state index in [0.717, 1.165) is 31.5 Å². The number of likely N-dealkylation sites (tertiary alicyclic amines) is 1. The summed E-state index contributed by atoms with van der Waals surface area (Å²) in [6.45, 7) is 4.06. The number of fused-ring (bicyclic) bond motifs is 3. The fourth-order valence-corrected chi connectivity index (χ4v) is 3.78. The van der Waals surface area contributed by atoms with Crippen LogP contribution in [0.3, 0.4) is 0 Å². The van der Waals surface area contributed by atoms with Gasteiger partial charge in [0.1, 0.15) is 0 Å². The molecule has 1 aliphatic heterocycles. The van der Waals surface area contributed by atoms with Crippen molar-refractivity contribution in [3.05, 3.63) is 35.0 Å². The third-order valence-corrected chi connectivity index (χ3v) is 5.20. The molecule has 2 aromatic rings. The molecule has 1 amide bonds. The van der Waals surface area contributed by atoms with Gasteiger partial charge in [-0.05, 0) is 62.5 Å². The van der Waals surface area contributed by atoms with Crippen LogP contribution in [-0.2, 0) is 19.9 Å². The Morgan fingerprint density at radius 1 is 1.23 bits per heavy atom. The van der Waals surface area contributed by atoms with Crippen molar-refractivity contribution < 1.29 is 4.79 Å². The van der Waals surface area contributed by atoms with Crippen LogP contribution in [0, 0.1) is 0 Å². The predicted octanol–water partition coefficient (Wildman–Crippen LogP) is 2.10. The summed E-state index contributed by atoms with van der Waals surface area (Å²) in [4.78, 5) is 14.7. The molecular weight excluding hydrogens is 274 g/mol. The zero-order valence-electron chi connectivity index (χ0n) is 13.2. The van der Waals surface area contributed by atoms with Crippen LogP contribution in [0.2, 0.25) is 0 Å². The number of carbonyl (C=O) groups is 1. The highest BCUT2D eigenvalue weighted by atomic mass is 16.1. The van der Waals surface area contributed by atoms with E-state index in [2.05, 4.69) is 34.0 Å². The van der Waals surface area contributed by atoms with Crippen LogP contribution in [0.15, 0.2) is 18.2 Å². The summed E-state index contributed by atoms with van der Waals surface area (Å²) in [6, 6.07) is 6.13. The second kappa shape index (κ2) is 5.43. The molecule has 2 aliphatic rings. The molecule has 4 heteroatoms. The molecule has 4 nitrogen and oxygen atoms in total. The van der Waals surface area contributed by atoms with E-state index < -0.39 is 0 Å². The molecule has 0 bridgehead atoms. The van der Waals surface area contributed by atoms with Gasteiger partial charge in [-0.15, -0.1) is 0 Å². The lowest BCUT2D eigenvalue weighted by atomic mass is 10.1. The topological polar surface area (TPSA) is 37.3 Å². The Labute approximate surface area is 131 Å². The highest BCUT2D eigenvalue weighted by Crippen LogP contribution is 2.32. The van der Waals surface area contributed by atoms with Gasteiger partial charge in [-0.2, -0.15) is 0 Å². The lowest BCUT2D eigenvalue weighted by molar-refractivity contribution is 0.0941. The Balaban J connectivity index is 1.53. The highest BCUT2D eigenvalue weighted by molar-refractivity contribution is 5.99. The van der Waals surface area contributed by atoms with Crippen LogP contribution >= 0.6 is 0 Å². The first-order chi connectivity index (χ1) is 10.7. The number of aryl methyl sites for hydroxylation is 2. The molecule has 2 heterocycles. The summed E-state index contributed by atoms with van der Waals surface area (Å²) in [5.74, 6) is 0.0537. The normalized spacial score (nSPS) is 17.5. The van der Waals surface area contributed by atoms with E-state index >= 15 is 0 Å². The summed E-state index contributed by atoms with van der Waals surface area (Å²) in [5.41, 5.74) is 4.94. The van der Waals surface area contributed by atoms with E-state index in [4.69, 9.17) is 0 Å². The molecule has 1 N–H and O–H groups in total. The van der Waals surface area contributed by atoms with Gasteiger partial charge in [-0.1, -0.05) is 0 Å². The maximum Gasteiger partial charge on any atom is 0.251 e. The lowest BCUT2D eigenvalue weighted by Gasteiger charge is -2.30. The monoisotopic (exact) mass is 297 g/mol. The van der Waals surface area contributed by atoms with Crippen molar-refractivity contribution in [2.75, 3.05) is 26.2 Å². The van der Waals surface area contributed by atoms with Crippen LogP contribution in [0.4, 0.5) is 0 Å². The van der Waals surface area contributed by atoms with Gasteiger partial charge in [0.15, 0.2) is 0 Å². The van der Waals surface area contributed by atoms with Crippen molar-refractivity contribution >= 4 is 16.8 Å². The van der Waals surface area contributed by atoms with E-state index in [1.807, 2.05) is 6.07 Å². The van der Waals surface area contributed by atoms with E-state index in [-0.39, 0.29) is 5.91 Å². The van der Waals surface area contributed by atoms with Crippen LogP contribution in [0.1, 0.15) is 34.5 Å². The van der Waals surface area contributed by atoms with Crippen LogP contribution in [0.5, 0.6) is 0 Å². The summed E-state index contributed by atoms with van der Waals surface area (Å²) >= 11 is 0. The summed E-state index contributed by atoms with van der Waals surface area (Å²) in [7, 11) is 2.14. The van der Waals surface area contributed by atoms with Gasteiger partial charge in [-0.3, -0.25) is 4.79 Å². The Morgan fingerprint density at radius 3 is 2.86 bits per heavy atom. The van der Waals surface area contributed by atoms with E-state index in [9.17, 15) is 4.79 Å². The number of nitrogens with one attached hydrogen (secondary N) is 1. The second-order valence-corrected chi connectivity index (χ2v) is 6.52. The molecule has 0 spiro atoms. The second-order valence-electron chi connectivity index (χ2n) is 6.52. The number of rotatable bonds is 4. The van der Waals surface area contributed by atoms with Gasteiger partial charge in [0, 0.05) is 42.3 Å². The van der Waals surface area contributed by atoms with Gasteiger partial charge in [-0.25, -0.2) is 0 Å². The summed E-state index contributed by atoms with van der Waals surface area (Å²) < 4.78 is 2.29. The number of aromatic nitrogens is 1. The third kappa shape index (κ3) is 2.22. The Kier molecular flexibility index (Phi) is 3.41. The molecule has 1 fully saturated rings. The van der Waals surface area contributed by atoms with E-state index in [1.165, 1.54) is 48.1 Å². The number of amides is 1. The molecule has 4 rings (SSSR count). The SMILES string of the molecule is Cn1c2c(c3cc(C(=O)NCCN4CCC4)ccc31)CCC2. The quantitative estimate of drug-likeness (QED) is 0.938. The van der Waals surface area contributed by atoms with Crippen molar-refractivity contribution in [3.8, 4) is 0 Å². The van der Waals surface area contributed by atoms with Crippen molar-refractivity contribution in [3.63, 3.8) is 0 Å². The Hall–Kier alpha value is -1.81. The minimum atomic E-state index is 0.0537. The first-order valence-electron chi connectivity index (χ1n) is 8.35. The first kappa shape index (κ1) is 13.8.